The van der Waals surface area contributed by atoms with E-state index in [-0.39, 0.29) is 33.1 Å². The summed E-state index contributed by atoms with van der Waals surface area (Å²) in [7, 11) is 3.20. The van der Waals surface area contributed by atoms with Crippen molar-refractivity contribution in [1.29, 1.82) is 0 Å². The molecular formula is C28H44N12O2W. The number of aromatic nitrogens is 6. The number of nitrogens with zero attached hydrogens (tertiary/aromatic N) is 6. The van der Waals surface area contributed by atoms with Crippen LogP contribution in [0.3, 0.4) is 0 Å². The van der Waals surface area contributed by atoms with Crippen molar-refractivity contribution >= 4 is 45.8 Å². The number of hydrogen-bond donors (Lipinski definition) is 6. The molecule has 43 heavy (non-hydrogen) atoms. The molecule has 0 bridgehead atoms. The molecule has 0 spiro atoms. The van der Waals surface area contributed by atoms with Crippen LogP contribution >= 0.6 is 0 Å². The van der Waals surface area contributed by atoms with Crippen molar-refractivity contribution in [2.45, 2.75) is 67.5 Å². The summed E-state index contributed by atoms with van der Waals surface area (Å²) >= 11 is 0. The van der Waals surface area contributed by atoms with Gasteiger partial charge in [0.2, 0.25) is 0 Å². The largest absolute Gasteiger partial charge is 0.382 e. The molecule has 4 heterocycles. The predicted octanol–water partition coefficient (Wildman–Crippen LogP) is 2.51. The first kappa shape index (κ1) is 35.3. The molecule has 15 heteroatoms. The van der Waals surface area contributed by atoms with E-state index in [2.05, 4.69) is 50.3 Å². The van der Waals surface area contributed by atoms with Crippen LogP contribution < -0.4 is 32.7 Å². The maximum atomic E-state index is 11.1. The fraction of sp³-hybridized carbons (Fsp3) is 0.500. The molecule has 0 fully saturated rings. The van der Waals surface area contributed by atoms with Gasteiger partial charge in [0.15, 0.2) is 11.6 Å². The van der Waals surface area contributed by atoms with Crippen LogP contribution in [0.5, 0.6) is 0 Å². The quantitative estimate of drug-likeness (QED) is 0.147. The summed E-state index contributed by atoms with van der Waals surface area (Å²) in [5.41, 5.74) is 19.6. The van der Waals surface area contributed by atoms with Gasteiger partial charge in [-0.15, -0.1) is 0 Å². The normalized spacial score (nSPS) is 10.6. The Morgan fingerprint density at radius 1 is 0.651 bits per heavy atom. The molecule has 0 aromatic carbocycles. The minimum absolute atomic E-state index is 0. The zero-order valence-electron chi connectivity index (χ0n) is 26.3. The SMILES string of the molecule is CNC(=O)NCCCn1c(C)nc2c(N)nc(C)c(C)c21.CNC(=O)NCCCn1c(C)nc2c(N)nc(C)c(C)c21.[W]. The van der Waals surface area contributed by atoms with E-state index in [0.717, 1.165) is 82.2 Å². The number of nitrogens with one attached hydrogen (secondary N) is 4. The summed E-state index contributed by atoms with van der Waals surface area (Å²) in [6, 6.07) is -0.328. The van der Waals surface area contributed by atoms with Gasteiger partial charge in [-0.25, -0.2) is 29.5 Å². The van der Waals surface area contributed by atoms with Crippen LogP contribution in [0.2, 0.25) is 0 Å². The molecule has 0 aliphatic rings. The molecule has 0 aliphatic carbocycles. The van der Waals surface area contributed by atoms with Crippen molar-refractivity contribution < 1.29 is 30.7 Å². The van der Waals surface area contributed by atoms with Gasteiger partial charge < -0.3 is 41.9 Å². The molecule has 0 radical (unpaired) electrons. The Kier molecular flexibility index (Phi) is 12.7. The number of rotatable bonds is 8. The van der Waals surface area contributed by atoms with Gasteiger partial charge in [0.05, 0.1) is 11.0 Å². The second kappa shape index (κ2) is 15.5. The van der Waals surface area contributed by atoms with E-state index in [1.165, 1.54) is 0 Å². The monoisotopic (exact) mass is 764 g/mol. The number of aryl methyl sites for hydroxylation is 8. The van der Waals surface area contributed by atoms with Gasteiger partial charge in [0.1, 0.15) is 22.7 Å². The number of nitrogen functional groups attached to an aromatic ring is 2. The van der Waals surface area contributed by atoms with Crippen molar-refractivity contribution in [3.05, 3.63) is 34.2 Å². The number of pyridine rings is 2. The molecule has 4 rings (SSSR count). The van der Waals surface area contributed by atoms with Gasteiger partial charge in [0.25, 0.3) is 0 Å². The summed E-state index contributed by atoms with van der Waals surface area (Å²) in [6.07, 6.45) is 1.64. The van der Waals surface area contributed by atoms with Gasteiger partial charge in [-0.2, -0.15) is 0 Å². The van der Waals surface area contributed by atoms with Crippen molar-refractivity contribution in [2.24, 2.45) is 0 Å². The van der Waals surface area contributed by atoms with Crippen LogP contribution in [0, 0.1) is 41.5 Å². The Bertz CT molecular complexity index is 1480. The van der Waals surface area contributed by atoms with Crippen molar-refractivity contribution in [1.82, 2.24) is 50.3 Å². The predicted molar refractivity (Wildman–Crippen MR) is 166 cm³/mol. The average Bonchev–Trinajstić information content (AvgIpc) is 3.47. The Balaban J connectivity index is 0.000000293. The van der Waals surface area contributed by atoms with E-state index in [1.54, 1.807) is 14.1 Å². The molecule has 4 amide bonds. The molecule has 8 N–H and O–H groups in total. The van der Waals surface area contributed by atoms with E-state index < -0.39 is 0 Å². The molecule has 0 saturated heterocycles. The number of amides is 4. The third-order valence-electron chi connectivity index (χ3n) is 7.32. The summed E-state index contributed by atoms with van der Waals surface area (Å²) in [4.78, 5) is 39.9. The van der Waals surface area contributed by atoms with Crippen LogP contribution in [0.4, 0.5) is 21.2 Å². The van der Waals surface area contributed by atoms with Gasteiger partial charge in [-0.3, -0.25) is 0 Å². The van der Waals surface area contributed by atoms with E-state index >= 15 is 0 Å². The Hall–Kier alpha value is -3.93. The number of carbonyl (C=O) groups excluding carboxylic acids is 2. The Morgan fingerprint density at radius 3 is 1.33 bits per heavy atom. The van der Waals surface area contributed by atoms with Crippen LogP contribution in [-0.2, 0) is 34.2 Å². The molecule has 14 nitrogen and oxygen atoms in total. The number of hydrogen-bond acceptors (Lipinski definition) is 8. The Labute approximate surface area is 266 Å². The first-order chi connectivity index (χ1) is 19.9. The number of fused-ring (bicyclic) bond motifs is 2. The fourth-order valence-electron chi connectivity index (χ4n) is 4.83. The van der Waals surface area contributed by atoms with Crippen molar-refractivity contribution in [3.8, 4) is 0 Å². The molecule has 4 aromatic rings. The van der Waals surface area contributed by atoms with Crippen molar-refractivity contribution in [2.75, 3.05) is 38.7 Å². The summed E-state index contributed by atoms with van der Waals surface area (Å²) in [6.45, 7) is 14.6. The number of carbonyl (C=O) groups is 2. The first-order valence-electron chi connectivity index (χ1n) is 14.0. The second-order valence-corrected chi connectivity index (χ2v) is 10.1. The minimum Gasteiger partial charge on any atom is -0.382 e. The summed E-state index contributed by atoms with van der Waals surface area (Å²) in [5, 5.41) is 10.6. The molecule has 234 valence electrons. The molecule has 0 aliphatic heterocycles. The van der Waals surface area contributed by atoms with Crippen LogP contribution in [0.1, 0.15) is 47.0 Å². The smallest absolute Gasteiger partial charge is 0.314 e. The summed E-state index contributed by atoms with van der Waals surface area (Å²) in [5.74, 6) is 2.76. The standard InChI is InChI=1S/2C14H22N6O.W/c2*1-8-9(2)18-13(15)11-12(8)20(10(3)19-11)7-5-6-17-14(21)16-4;/h2*5-7H2,1-4H3,(H2,15,18)(H2,16,17,21);. The molecule has 4 aromatic heterocycles. The van der Waals surface area contributed by atoms with Crippen LogP contribution in [-0.4, -0.2) is 68.3 Å². The Morgan fingerprint density at radius 2 is 1.00 bits per heavy atom. The van der Waals surface area contributed by atoms with E-state index in [4.69, 9.17) is 11.5 Å². The average molecular weight is 765 g/mol. The fourth-order valence-corrected chi connectivity index (χ4v) is 4.83. The third-order valence-corrected chi connectivity index (χ3v) is 7.32. The first-order valence-corrected chi connectivity index (χ1v) is 14.0. The van der Waals surface area contributed by atoms with Gasteiger partial charge >= 0.3 is 12.1 Å². The van der Waals surface area contributed by atoms with E-state index in [0.29, 0.717) is 24.7 Å². The zero-order chi connectivity index (χ0) is 31.1. The summed E-state index contributed by atoms with van der Waals surface area (Å²) < 4.78 is 4.28. The molecule has 0 atom stereocenters. The zero-order valence-corrected chi connectivity index (χ0v) is 29.2. The number of imidazole rings is 2. The second-order valence-electron chi connectivity index (χ2n) is 10.1. The van der Waals surface area contributed by atoms with Gasteiger partial charge in [-0.1, -0.05) is 0 Å². The minimum atomic E-state index is -0.164. The molecule has 0 saturated carbocycles. The van der Waals surface area contributed by atoms with E-state index in [9.17, 15) is 9.59 Å². The number of anilines is 2. The third kappa shape index (κ3) is 8.13. The van der Waals surface area contributed by atoms with Crippen LogP contribution in [0.15, 0.2) is 0 Å². The maximum Gasteiger partial charge on any atom is 0.314 e. The number of nitrogens with two attached hydrogens (primary N) is 2. The van der Waals surface area contributed by atoms with Crippen molar-refractivity contribution in [3.63, 3.8) is 0 Å². The van der Waals surface area contributed by atoms with Gasteiger partial charge in [0, 0.05) is 72.7 Å². The van der Waals surface area contributed by atoms with Crippen LogP contribution in [0.25, 0.3) is 22.1 Å². The topological polar surface area (TPSA) is 196 Å². The number of urea groups is 2. The molecular weight excluding hydrogens is 720 g/mol. The molecule has 0 unspecified atom stereocenters. The maximum absolute atomic E-state index is 11.1. The van der Waals surface area contributed by atoms with Gasteiger partial charge in [-0.05, 0) is 65.5 Å². The van der Waals surface area contributed by atoms with E-state index in [1.807, 2.05) is 41.5 Å².